The third-order valence-corrected chi connectivity index (χ3v) is 4.16. The van der Waals surface area contributed by atoms with Gasteiger partial charge >= 0.3 is 12.2 Å². The van der Waals surface area contributed by atoms with Gasteiger partial charge in [0.1, 0.15) is 0 Å². The SMILES string of the molecule is CC1CCCN(C(=O)N2CCC(C(F)(F)F)CC2)C1. The number of carbonyl (C=O) groups excluding carboxylic acids is 1. The first-order valence-corrected chi connectivity index (χ1v) is 6.98. The van der Waals surface area contributed by atoms with Crippen LogP contribution in [0.5, 0.6) is 0 Å². The Kier molecular flexibility index (Phi) is 4.26. The highest BCUT2D eigenvalue weighted by Gasteiger charge is 2.42. The zero-order chi connectivity index (χ0) is 14.0. The molecule has 6 heteroatoms. The minimum atomic E-state index is -4.12. The van der Waals surface area contributed by atoms with Crippen LogP contribution in [0.1, 0.15) is 32.6 Å². The third-order valence-electron chi connectivity index (χ3n) is 4.16. The van der Waals surface area contributed by atoms with Crippen molar-refractivity contribution >= 4 is 6.03 Å². The molecule has 0 bridgehead atoms. The first-order chi connectivity index (χ1) is 8.88. The number of likely N-dealkylation sites (tertiary alicyclic amines) is 2. The Labute approximate surface area is 111 Å². The maximum Gasteiger partial charge on any atom is 0.391 e. The van der Waals surface area contributed by atoms with Crippen LogP contribution in [0.15, 0.2) is 0 Å². The summed E-state index contributed by atoms with van der Waals surface area (Å²) in [7, 11) is 0. The molecule has 2 amide bonds. The Bertz CT molecular complexity index is 324. The summed E-state index contributed by atoms with van der Waals surface area (Å²) in [6, 6.07) is -0.0767. The number of nitrogens with zero attached hydrogens (tertiary/aromatic N) is 2. The van der Waals surface area contributed by atoms with Gasteiger partial charge in [-0.1, -0.05) is 6.92 Å². The molecule has 0 spiro atoms. The zero-order valence-electron chi connectivity index (χ0n) is 11.2. The molecule has 0 N–H and O–H groups in total. The molecule has 3 nitrogen and oxygen atoms in total. The van der Waals surface area contributed by atoms with Crippen LogP contribution in [-0.2, 0) is 0 Å². The highest BCUT2D eigenvalue weighted by Crippen LogP contribution is 2.34. The van der Waals surface area contributed by atoms with Crippen LogP contribution in [0.2, 0.25) is 0 Å². The Balaban J connectivity index is 1.85. The molecule has 2 aliphatic heterocycles. The summed E-state index contributed by atoms with van der Waals surface area (Å²) in [5.41, 5.74) is 0. The van der Waals surface area contributed by atoms with Gasteiger partial charge in [0.25, 0.3) is 0 Å². The maximum absolute atomic E-state index is 12.6. The molecule has 2 heterocycles. The molecule has 1 atom stereocenters. The number of halogens is 3. The van der Waals surface area contributed by atoms with Crippen LogP contribution < -0.4 is 0 Å². The molecule has 110 valence electrons. The summed E-state index contributed by atoms with van der Waals surface area (Å²) >= 11 is 0. The van der Waals surface area contributed by atoms with E-state index in [9.17, 15) is 18.0 Å². The van der Waals surface area contributed by atoms with E-state index >= 15 is 0 Å². The van der Waals surface area contributed by atoms with Crippen LogP contribution in [0.25, 0.3) is 0 Å². The van der Waals surface area contributed by atoms with Crippen LogP contribution in [0.3, 0.4) is 0 Å². The molecule has 0 aliphatic carbocycles. The fourth-order valence-electron chi connectivity index (χ4n) is 2.96. The summed E-state index contributed by atoms with van der Waals surface area (Å²) in [5, 5.41) is 0. The quantitative estimate of drug-likeness (QED) is 0.668. The van der Waals surface area contributed by atoms with E-state index in [0.29, 0.717) is 5.92 Å². The van der Waals surface area contributed by atoms with Gasteiger partial charge in [-0.25, -0.2) is 4.79 Å². The van der Waals surface area contributed by atoms with Gasteiger partial charge in [0.2, 0.25) is 0 Å². The molecule has 1 unspecified atom stereocenters. The van der Waals surface area contributed by atoms with Gasteiger partial charge in [-0.2, -0.15) is 13.2 Å². The van der Waals surface area contributed by atoms with E-state index in [1.54, 1.807) is 9.80 Å². The number of hydrogen-bond acceptors (Lipinski definition) is 1. The van der Waals surface area contributed by atoms with Crippen molar-refractivity contribution in [2.24, 2.45) is 11.8 Å². The van der Waals surface area contributed by atoms with E-state index in [0.717, 1.165) is 25.9 Å². The number of carbonyl (C=O) groups is 1. The molecule has 0 aromatic heterocycles. The van der Waals surface area contributed by atoms with Gasteiger partial charge in [-0.05, 0) is 31.6 Å². The molecule has 0 aromatic carbocycles. The standard InChI is InChI=1S/C13H21F3N2O/c1-10-3-2-6-18(9-10)12(19)17-7-4-11(5-8-17)13(14,15)16/h10-11H,2-9H2,1H3. The smallest absolute Gasteiger partial charge is 0.325 e. The van der Waals surface area contributed by atoms with Gasteiger partial charge in [-0.3, -0.25) is 0 Å². The second kappa shape index (κ2) is 5.59. The van der Waals surface area contributed by atoms with Gasteiger partial charge in [0.05, 0.1) is 5.92 Å². The molecule has 19 heavy (non-hydrogen) atoms. The number of urea groups is 1. The second-order valence-corrected chi connectivity index (χ2v) is 5.78. The van der Waals surface area contributed by atoms with Gasteiger partial charge in [-0.15, -0.1) is 0 Å². The lowest BCUT2D eigenvalue weighted by Gasteiger charge is -2.38. The van der Waals surface area contributed by atoms with E-state index < -0.39 is 12.1 Å². The third kappa shape index (κ3) is 3.54. The number of rotatable bonds is 0. The van der Waals surface area contributed by atoms with Gasteiger partial charge < -0.3 is 9.80 Å². The minimum Gasteiger partial charge on any atom is -0.325 e. The Morgan fingerprint density at radius 1 is 1.05 bits per heavy atom. The molecule has 0 aromatic rings. The van der Waals surface area contributed by atoms with Crippen LogP contribution in [0.4, 0.5) is 18.0 Å². The molecule has 2 aliphatic rings. The molecule has 2 rings (SSSR count). The van der Waals surface area contributed by atoms with Crippen LogP contribution in [0, 0.1) is 11.8 Å². The number of piperidine rings is 2. The predicted octanol–water partition coefficient (Wildman–Crippen LogP) is 3.11. The molecular weight excluding hydrogens is 257 g/mol. The summed E-state index contributed by atoms with van der Waals surface area (Å²) in [5.74, 6) is -0.748. The fourth-order valence-corrected chi connectivity index (χ4v) is 2.96. The maximum atomic E-state index is 12.6. The summed E-state index contributed by atoms with van der Waals surface area (Å²) < 4.78 is 37.7. The molecule has 2 saturated heterocycles. The van der Waals surface area contributed by atoms with Crippen molar-refractivity contribution in [3.63, 3.8) is 0 Å². The number of alkyl halides is 3. The van der Waals surface area contributed by atoms with Crippen molar-refractivity contribution < 1.29 is 18.0 Å². The van der Waals surface area contributed by atoms with Crippen LogP contribution in [-0.4, -0.2) is 48.2 Å². The monoisotopic (exact) mass is 278 g/mol. The second-order valence-electron chi connectivity index (χ2n) is 5.78. The van der Waals surface area contributed by atoms with Crippen molar-refractivity contribution in [3.8, 4) is 0 Å². The predicted molar refractivity (Wildman–Crippen MR) is 65.7 cm³/mol. The average molecular weight is 278 g/mol. The highest BCUT2D eigenvalue weighted by atomic mass is 19.4. The Morgan fingerprint density at radius 3 is 2.21 bits per heavy atom. The van der Waals surface area contributed by atoms with Crippen molar-refractivity contribution in [2.45, 2.75) is 38.8 Å². The van der Waals surface area contributed by atoms with E-state index in [2.05, 4.69) is 6.92 Å². The van der Waals surface area contributed by atoms with E-state index in [4.69, 9.17) is 0 Å². The first kappa shape index (κ1) is 14.5. The van der Waals surface area contributed by atoms with Gasteiger partial charge in [0.15, 0.2) is 0 Å². The van der Waals surface area contributed by atoms with Gasteiger partial charge in [0, 0.05) is 26.2 Å². The topological polar surface area (TPSA) is 23.6 Å². The van der Waals surface area contributed by atoms with E-state index in [1.807, 2.05) is 0 Å². The zero-order valence-corrected chi connectivity index (χ0v) is 11.2. The van der Waals surface area contributed by atoms with Crippen molar-refractivity contribution in [1.29, 1.82) is 0 Å². The normalized spacial score (nSPS) is 26.6. The lowest BCUT2D eigenvalue weighted by atomic mass is 9.96. The summed E-state index contributed by atoms with van der Waals surface area (Å²) in [4.78, 5) is 15.6. The summed E-state index contributed by atoms with van der Waals surface area (Å²) in [6.45, 7) is 4.04. The molecule has 2 fully saturated rings. The Morgan fingerprint density at radius 2 is 1.68 bits per heavy atom. The molecule has 0 radical (unpaired) electrons. The lowest BCUT2D eigenvalue weighted by Crippen LogP contribution is -2.50. The van der Waals surface area contributed by atoms with Crippen molar-refractivity contribution in [3.05, 3.63) is 0 Å². The minimum absolute atomic E-state index is 0.0403. The number of amides is 2. The first-order valence-electron chi connectivity index (χ1n) is 6.98. The fraction of sp³-hybridized carbons (Fsp3) is 0.923. The average Bonchev–Trinajstić information content (AvgIpc) is 2.37. The molecular formula is C13H21F3N2O. The van der Waals surface area contributed by atoms with E-state index in [1.165, 1.54) is 0 Å². The highest BCUT2D eigenvalue weighted by molar-refractivity contribution is 5.74. The van der Waals surface area contributed by atoms with Crippen molar-refractivity contribution in [2.75, 3.05) is 26.2 Å². The lowest BCUT2D eigenvalue weighted by molar-refractivity contribution is -0.183. The van der Waals surface area contributed by atoms with Crippen LogP contribution >= 0.6 is 0 Å². The largest absolute Gasteiger partial charge is 0.391 e. The van der Waals surface area contributed by atoms with Crippen molar-refractivity contribution in [1.82, 2.24) is 9.80 Å². The molecule has 0 saturated carbocycles. The number of hydrogen-bond donors (Lipinski definition) is 0. The summed E-state index contributed by atoms with van der Waals surface area (Å²) in [6.07, 6.45) is -1.92. The Hall–Kier alpha value is -0.940. The van der Waals surface area contributed by atoms with E-state index in [-0.39, 0.29) is 32.0 Å².